The number of amides is 1. The highest BCUT2D eigenvalue weighted by atomic mass is 16.5. The van der Waals surface area contributed by atoms with Crippen molar-refractivity contribution in [2.24, 2.45) is 0 Å². The highest BCUT2D eigenvalue weighted by Crippen LogP contribution is 2.22. The SMILES string of the molecule is O=C(NC1CCCC1)c1ccc(COc2ccc3ccccc3c2)cc1. The maximum Gasteiger partial charge on any atom is 0.251 e. The van der Waals surface area contributed by atoms with E-state index in [9.17, 15) is 4.79 Å². The number of benzene rings is 3. The zero-order valence-corrected chi connectivity index (χ0v) is 14.8. The molecule has 0 aliphatic heterocycles. The first-order valence-corrected chi connectivity index (χ1v) is 9.29. The summed E-state index contributed by atoms with van der Waals surface area (Å²) in [6.45, 7) is 0.489. The summed E-state index contributed by atoms with van der Waals surface area (Å²) in [7, 11) is 0. The van der Waals surface area contributed by atoms with Gasteiger partial charge in [-0.25, -0.2) is 0 Å². The Kier molecular flexibility index (Phi) is 4.87. The van der Waals surface area contributed by atoms with E-state index >= 15 is 0 Å². The molecule has 0 unspecified atom stereocenters. The lowest BCUT2D eigenvalue weighted by Crippen LogP contribution is -2.32. The first-order chi connectivity index (χ1) is 12.8. The molecule has 0 aromatic heterocycles. The Morgan fingerprint density at radius 3 is 2.42 bits per heavy atom. The molecule has 3 aromatic carbocycles. The monoisotopic (exact) mass is 345 g/mol. The molecule has 1 fully saturated rings. The van der Waals surface area contributed by atoms with E-state index in [0.29, 0.717) is 18.2 Å². The second kappa shape index (κ2) is 7.61. The summed E-state index contributed by atoms with van der Waals surface area (Å²) in [5.74, 6) is 0.880. The van der Waals surface area contributed by atoms with Crippen molar-refractivity contribution in [1.29, 1.82) is 0 Å². The van der Waals surface area contributed by atoms with E-state index in [2.05, 4.69) is 29.6 Å². The number of hydrogen-bond donors (Lipinski definition) is 1. The average molecular weight is 345 g/mol. The minimum atomic E-state index is 0.0268. The van der Waals surface area contributed by atoms with Gasteiger partial charge in [0.15, 0.2) is 0 Å². The molecule has 3 aromatic rings. The largest absolute Gasteiger partial charge is 0.489 e. The first-order valence-electron chi connectivity index (χ1n) is 9.29. The third-order valence-electron chi connectivity index (χ3n) is 5.03. The van der Waals surface area contributed by atoms with Crippen LogP contribution in [0.1, 0.15) is 41.6 Å². The van der Waals surface area contributed by atoms with Crippen molar-refractivity contribution < 1.29 is 9.53 Å². The van der Waals surface area contributed by atoms with Crippen molar-refractivity contribution in [3.8, 4) is 5.75 Å². The van der Waals surface area contributed by atoms with Crippen LogP contribution in [0.5, 0.6) is 5.75 Å². The molecule has 1 aliphatic carbocycles. The number of nitrogens with one attached hydrogen (secondary N) is 1. The fraction of sp³-hybridized carbons (Fsp3) is 0.261. The van der Waals surface area contributed by atoms with E-state index < -0.39 is 0 Å². The number of fused-ring (bicyclic) bond motifs is 1. The van der Waals surface area contributed by atoms with Crippen LogP contribution >= 0.6 is 0 Å². The Bertz CT molecular complexity index is 895. The Labute approximate surface area is 154 Å². The van der Waals surface area contributed by atoms with Gasteiger partial charge in [-0.1, -0.05) is 55.3 Å². The summed E-state index contributed by atoms with van der Waals surface area (Å²) in [6, 6.07) is 22.4. The van der Waals surface area contributed by atoms with Crippen LogP contribution in [0.3, 0.4) is 0 Å². The smallest absolute Gasteiger partial charge is 0.251 e. The maximum atomic E-state index is 12.3. The molecule has 4 rings (SSSR count). The summed E-state index contributed by atoms with van der Waals surface area (Å²) in [5.41, 5.74) is 1.77. The van der Waals surface area contributed by atoms with Gasteiger partial charge in [0.25, 0.3) is 5.91 Å². The van der Waals surface area contributed by atoms with E-state index in [0.717, 1.165) is 24.2 Å². The van der Waals surface area contributed by atoms with Gasteiger partial charge >= 0.3 is 0 Å². The van der Waals surface area contributed by atoms with Crippen molar-refractivity contribution in [3.63, 3.8) is 0 Å². The van der Waals surface area contributed by atoms with Crippen LogP contribution in [0.2, 0.25) is 0 Å². The summed E-state index contributed by atoms with van der Waals surface area (Å²) >= 11 is 0. The highest BCUT2D eigenvalue weighted by molar-refractivity contribution is 5.94. The molecule has 3 heteroatoms. The molecule has 0 bridgehead atoms. The Balaban J connectivity index is 1.36. The molecule has 1 saturated carbocycles. The van der Waals surface area contributed by atoms with Gasteiger partial charge in [-0.3, -0.25) is 4.79 Å². The third kappa shape index (κ3) is 3.88. The number of hydrogen-bond acceptors (Lipinski definition) is 2. The van der Waals surface area contributed by atoms with Crippen molar-refractivity contribution in [2.75, 3.05) is 0 Å². The average Bonchev–Trinajstić information content (AvgIpc) is 3.19. The summed E-state index contributed by atoms with van der Waals surface area (Å²) in [5, 5.41) is 5.50. The molecule has 0 saturated heterocycles. The minimum absolute atomic E-state index is 0.0268. The van der Waals surface area contributed by atoms with Gasteiger partial charge in [0.2, 0.25) is 0 Å². The third-order valence-corrected chi connectivity index (χ3v) is 5.03. The standard InChI is InChI=1S/C23H23NO2/c25-23(24-21-7-3-4-8-21)19-11-9-17(10-12-19)16-26-22-14-13-18-5-1-2-6-20(18)15-22/h1-2,5-6,9-15,21H,3-4,7-8,16H2,(H,24,25). The van der Waals surface area contributed by atoms with Crippen LogP contribution < -0.4 is 10.1 Å². The van der Waals surface area contributed by atoms with E-state index in [1.165, 1.54) is 23.6 Å². The Morgan fingerprint density at radius 1 is 0.923 bits per heavy atom. The Hall–Kier alpha value is -2.81. The normalized spacial score (nSPS) is 14.5. The van der Waals surface area contributed by atoms with Gasteiger partial charge in [-0.05, 0) is 53.4 Å². The number of ether oxygens (including phenoxy) is 1. The fourth-order valence-corrected chi connectivity index (χ4v) is 3.52. The molecule has 0 heterocycles. The molecule has 0 spiro atoms. The van der Waals surface area contributed by atoms with Crippen LogP contribution in [0.4, 0.5) is 0 Å². The molecule has 0 atom stereocenters. The highest BCUT2D eigenvalue weighted by Gasteiger charge is 2.17. The zero-order valence-electron chi connectivity index (χ0n) is 14.8. The molecule has 1 amide bonds. The first kappa shape index (κ1) is 16.6. The molecule has 1 aliphatic rings. The van der Waals surface area contributed by atoms with Crippen LogP contribution in [-0.2, 0) is 6.61 Å². The van der Waals surface area contributed by atoms with Gasteiger partial charge < -0.3 is 10.1 Å². The van der Waals surface area contributed by atoms with E-state index in [1.807, 2.05) is 42.5 Å². The van der Waals surface area contributed by atoms with Gasteiger partial charge in [0.05, 0.1) is 0 Å². The quantitative estimate of drug-likeness (QED) is 0.699. The molecular weight excluding hydrogens is 322 g/mol. The fourth-order valence-electron chi connectivity index (χ4n) is 3.52. The summed E-state index contributed by atoms with van der Waals surface area (Å²) in [4.78, 5) is 12.3. The van der Waals surface area contributed by atoms with E-state index in [4.69, 9.17) is 4.74 Å². The maximum absolute atomic E-state index is 12.3. The second-order valence-corrected chi connectivity index (χ2v) is 6.95. The van der Waals surface area contributed by atoms with Gasteiger partial charge in [0, 0.05) is 11.6 Å². The summed E-state index contributed by atoms with van der Waals surface area (Å²) < 4.78 is 5.91. The lowest BCUT2D eigenvalue weighted by molar-refractivity contribution is 0.0938. The van der Waals surface area contributed by atoms with Crippen molar-refractivity contribution in [3.05, 3.63) is 77.9 Å². The van der Waals surface area contributed by atoms with Crippen LogP contribution in [0, 0.1) is 0 Å². The molecular formula is C23H23NO2. The number of carbonyl (C=O) groups excluding carboxylic acids is 1. The lowest BCUT2D eigenvalue weighted by atomic mass is 10.1. The molecule has 0 radical (unpaired) electrons. The number of carbonyl (C=O) groups is 1. The van der Waals surface area contributed by atoms with Gasteiger partial charge in [-0.2, -0.15) is 0 Å². The van der Waals surface area contributed by atoms with Crippen molar-refractivity contribution >= 4 is 16.7 Å². The predicted molar refractivity (Wildman–Crippen MR) is 104 cm³/mol. The summed E-state index contributed by atoms with van der Waals surface area (Å²) in [6.07, 6.45) is 4.64. The lowest BCUT2D eigenvalue weighted by Gasteiger charge is -2.12. The van der Waals surface area contributed by atoms with Gasteiger partial charge in [0.1, 0.15) is 12.4 Å². The molecule has 132 valence electrons. The molecule has 3 nitrogen and oxygen atoms in total. The number of rotatable bonds is 5. The Morgan fingerprint density at radius 2 is 1.65 bits per heavy atom. The van der Waals surface area contributed by atoms with Crippen LogP contribution in [0.15, 0.2) is 66.7 Å². The second-order valence-electron chi connectivity index (χ2n) is 6.95. The predicted octanol–water partition coefficient (Wildman–Crippen LogP) is 5.09. The van der Waals surface area contributed by atoms with Crippen LogP contribution in [-0.4, -0.2) is 11.9 Å². The molecule has 1 N–H and O–H groups in total. The molecule has 26 heavy (non-hydrogen) atoms. The topological polar surface area (TPSA) is 38.3 Å². The van der Waals surface area contributed by atoms with E-state index in [-0.39, 0.29) is 5.91 Å². The van der Waals surface area contributed by atoms with Crippen LogP contribution in [0.25, 0.3) is 10.8 Å². The van der Waals surface area contributed by atoms with Crippen molar-refractivity contribution in [1.82, 2.24) is 5.32 Å². The zero-order chi connectivity index (χ0) is 17.8. The van der Waals surface area contributed by atoms with Gasteiger partial charge in [-0.15, -0.1) is 0 Å². The van der Waals surface area contributed by atoms with E-state index in [1.54, 1.807) is 0 Å². The van der Waals surface area contributed by atoms with Crippen molar-refractivity contribution in [2.45, 2.75) is 38.3 Å². The minimum Gasteiger partial charge on any atom is -0.489 e.